The molecule has 0 spiro atoms. The SMILES string of the molecule is CCCOC(=O)c1cc(O)c(O)c(O)c1CCC. The second kappa shape index (κ2) is 6.14. The van der Waals surface area contributed by atoms with E-state index < -0.39 is 23.2 Å². The highest BCUT2D eigenvalue weighted by atomic mass is 16.5. The lowest BCUT2D eigenvalue weighted by atomic mass is 10.0. The van der Waals surface area contributed by atoms with Crippen LogP contribution in [-0.2, 0) is 11.2 Å². The molecular formula is C13H18O5. The Hall–Kier alpha value is -1.91. The maximum Gasteiger partial charge on any atom is 0.338 e. The van der Waals surface area contributed by atoms with Crippen LogP contribution >= 0.6 is 0 Å². The Kier molecular flexibility index (Phi) is 4.83. The topological polar surface area (TPSA) is 87.0 Å². The third kappa shape index (κ3) is 2.85. The summed E-state index contributed by atoms with van der Waals surface area (Å²) < 4.78 is 4.97. The smallest absolute Gasteiger partial charge is 0.338 e. The zero-order chi connectivity index (χ0) is 13.7. The molecule has 0 aliphatic rings. The van der Waals surface area contributed by atoms with Gasteiger partial charge in [-0.05, 0) is 18.9 Å². The molecule has 0 aromatic heterocycles. The number of phenolic OH excluding ortho intramolecular Hbond substituents is 3. The molecular weight excluding hydrogens is 236 g/mol. The van der Waals surface area contributed by atoms with Gasteiger partial charge in [0.2, 0.25) is 5.75 Å². The zero-order valence-corrected chi connectivity index (χ0v) is 10.6. The normalized spacial score (nSPS) is 10.3. The molecule has 100 valence electrons. The fourth-order valence-corrected chi connectivity index (χ4v) is 1.64. The first-order valence-corrected chi connectivity index (χ1v) is 5.96. The molecule has 0 aliphatic carbocycles. The first-order valence-electron chi connectivity index (χ1n) is 5.96. The van der Waals surface area contributed by atoms with Gasteiger partial charge in [-0.2, -0.15) is 0 Å². The Balaban J connectivity index is 3.20. The van der Waals surface area contributed by atoms with Crippen LogP contribution in [0.3, 0.4) is 0 Å². The van der Waals surface area contributed by atoms with E-state index in [4.69, 9.17) is 4.74 Å². The molecule has 1 aromatic carbocycles. The van der Waals surface area contributed by atoms with Crippen LogP contribution in [0.15, 0.2) is 6.07 Å². The molecule has 0 amide bonds. The standard InChI is InChI=1S/C13H18O5/c1-3-5-8-9(13(17)18-6-4-2)7-10(14)12(16)11(8)15/h7,14-16H,3-6H2,1-2H3. The van der Waals surface area contributed by atoms with Gasteiger partial charge < -0.3 is 20.1 Å². The van der Waals surface area contributed by atoms with Gasteiger partial charge in [-0.15, -0.1) is 0 Å². The Morgan fingerprint density at radius 3 is 2.39 bits per heavy atom. The summed E-state index contributed by atoms with van der Waals surface area (Å²) in [6.07, 6.45) is 1.78. The minimum Gasteiger partial charge on any atom is -0.504 e. The van der Waals surface area contributed by atoms with Crippen molar-refractivity contribution in [3.63, 3.8) is 0 Å². The van der Waals surface area contributed by atoms with Gasteiger partial charge in [0, 0.05) is 5.56 Å². The Bertz CT molecular complexity index is 439. The van der Waals surface area contributed by atoms with Crippen molar-refractivity contribution < 1.29 is 24.9 Å². The number of phenols is 3. The van der Waals surface area contributed by atoms with E-state index in [1.807, 2.05) is 13.8 Å². The summed E-state index contributed by atoms with van der Waals surface area (Å²) in [7, 11) is 0. The van der Waals surface area contributed by atoms with Gasteiger partial charge in [-0.3, -0.25) is 0 Å². The summed E-state index contributed by atoms with van der Waals surface area (Å²) in [4.78, 5) is 11.8. The summed E-state index contributed by atoms with van der Waals surface area (Å²) in [5.74, 6) is -2.20. The predicted molar refractivity (Wildman–Crippen MR) is 66.0 cm³/mol. The second-order valence-electron chi connectivity index (χ2n) is 4.00. The monoisotopic (exact) mass is 254 g/mol. The van der Waals surface area contributed by atoms with Crippen LogP contribution in [0.1, 0.15) is 42.6 Å². The third-order valence-corrected chi connectivity index (χ3v) is 2.52. The average molecular weight is 254 g/mol. The summed E-state index contributed by atoms with van der Waals surface area (Å²) in [6, 6.07) is 1.12. The number of carbonyl (C=O) groups excluding carboxylic acids is 1. The number of esters is 1. The highest BCUT2D eigenvalue weighted by molar-refractivity contribution is 5.93. The van der Waals surface area contributed by atoms with E-state index in [-0.39, 0.29) is 12.2 Å². The quantitative estimate of drug-likeness (QED) is 0.554. The first kappa shape index (κ1) is 14.2. The Labute approximate surface area is 106 Å². The molecule has 0 saturated heterocycles. The molecule has 5 heteroatoms. The number of benzene rings is 1. The zero-order valence-electron chi connectivity index (χ0n) is 10.6. The van der Waals surface area contributed by atoms with Gasteiger partial charge >= 0.3 is 5.97 Å². The van der Waals surface area contributed by atoms with Crippen LogP contribution in [0.25, 0.3) is 0 Å². The van der Waals surface area contributed by atoms with E-state index in [9.17, 15) is 20.1 Å². The molecule has 0 fully saturated rings. The highest BCUT2D eigenvalue weighted by Crippen LogP contribution is 2.40. The lowest BCUT2D eigenvalue weighted by Gasteiger charge is -2.12. The average Bonchev–Trinajstić information content (AvgIpc) is 2.36. The van der Waals surface area contributed by atoms with Gasteiger partial charge in [0.05, 0.1) is 12.2 Å². The van der Waals surface area contributed by atoms with Crippen LogP contribution < -0.4 is 0 Å². The van der Waals surface area contributed by atoms with Gasteiger partial charge in [-0.25, -0.2) is 4.79 Å². The number of aromatic hydroxyl groups is 3. The largest absolute Gasteiger partial charge is 0.504 e. The van der Waals surface area contributed by atoms with Gasteiger partial charge in [0.25, 0.3) is 0 Å². The predicted octanol–water partition coefficient (Wildman–Crippen LogP) is 2.32. The van der Waals surface area contributed by atoms with Crippen molar-refractivity contribution in [1.29, 1.82) is 0 Å². The first-order chi connectivity index (χ1) is 8.52. The maximum atomic E-state index is 11.8. The summed E-state index contributed by atoms with van der Waals surface area (Å²) in [6.45, 7) is 4.02. The minimum absolute atomic E-state index is 0.0955. The third-order valence-electron chi connectivity index (χ3n) is 2.52. The molecule has 0 heterocycles. The van der Waals surface area contributed by atoms with Crippen LogP contribution in [0.5, 0.6) is 17.2 Å². The van der Waals surface area contributed by atoms with Gasteiger partial charge in [-0.1, -0.05) is 20.3 Å². The molecule has 0 saturated carbocycles. The molecule has 3 N–H and O–H groups in total. The lowest BCUT2D eigenvalue weighted by molar-refractivity contribution is 0.0502. The van der Waals surface area contributed by atoms with E-state index in [1.165, 1.54) is 0 Å². The molecule has 0 radical (unpaired) electrons. The minimum atomic E-state index is -0.606. The van der Waals surface area contributed by atoms with Gasteiger partial charge in [0.1, 0.15) is 0 Å². The van der Waals surface area contributed by atoms with E-state index in [2.05, 4.69) is 0 Å². The number of hydrogen-bond donors (Lipinski definition) is 3. The van der Waals surface area contributed by atoms with Crippen LogP contribution in [0.4, 0.5) is 0 Å². The Morgan fingerprint density at radius 2 is 1.83 bits per heavy atom. The molecule has 1 rings (SSSR count). The molecule has 0 unspecified atom stereocenters. The fraction of sp³-hybridized carbons (Fsp3) is 0.462. The van der Waals surface area contributed by atoms with Crippen molar-refractivity contribution in [2.75, 3.05) is 6.61 Å². The van der Waals surface area contributed by atoms with Crippen molar-refractivity contribution >= 4 is 5.97 Å². The van der Waals surface area contributed by atoms with E-state index in [0.717, 1.165) is 6.07 Å². The molecule has 5 nitrogen and oxygen atoms in total. The van der Waals surface area contributed by atoms with Crippen molar-refractivity contribution in [1.82, 2.24) is 0 Å². The maximum absolute atomic E-state index is 11.8. The van der Waals surface area contributed by atoms with Gasteiger partial charge in [0.15, 0.2) is 11.5 Å². The van der Waals surface area contributed by atoms with E-state index in [0.29, 0.717) is 24.8 Å². The second-order valence-corrected chi connectivity index (χ2v) is 4.00. The van der Waals surface area contributed by atoms with Crippen molar-refractivity contribution in [2.24, 2.45) is 0 Å². The highest BCUT2D eigenvalue weighted by Gasteiger charge is 2.21. The van der Waals surface area contributed by atoms with Crippen LogP contribution in [-0.4, -0.2) is 27.9 Å². The number of ether oxygens (including phenoxy) is 1. The summed E-state index contributed by atoms with van der Waals surface area (Å²) in [5.41, 5.74) is 0.395. The molecule has 0 aliphatic heterocycles. The Morgan fingerprint density at radius 1 is 1.17 bits per heavy atom. The fourth-order valence-electron chi connectivity index (χ4n) is 1.64. The molecule has 18 heavy (non-hydrogen) atoms. The van der Waals surface area contributed by atoms with Crippen LogP contribution in [0.2, 0.25) is 0 Å². The summed E-state index contributed by atoms with van der Waals surface area (Å²) in [5, 5.41) is 28.6. The van der Waals surface area contributed by atoms with E-state index >= 15 is 0 Å². The summed E-state index contributed by atoms with van der Waals surface area (Å²) >= 11 is 0. The number of rotatable bonds is 5. The number of hydrogen-bond acceptors (Lipinski definition) is 5. The number of carbonyl (C=O) groups is 1. The molecule has 0 bridgehead atoms. The molecule has 0 atom stereocenters. The molecule has 1 aromatic rings. The van der Waals surface area contributed by atoms with Crippen molar-refractivity contribution in [2.45, 2.75) is 33.1 Å². The van der Waals surface area contributed by atoms with E-state index in [1.54, 1.807) is 0 Å². The van der Waals surface area contributed by atoms with Crippen LogP contribution in [0, 0.1) is 0 Å². The van der Waals surface area contributed by atoms with Crippen molar-refractivity contribution in [3.8, 4) is 17.2 Å². The van der Waals surface area contributed by atoms with Crippen molar-refractivity contribution in [3.05, 3.63) is 17.2 Å². The lowest BCUT2D eigenvalue weighted by Crippen LogP contribution is -2.09.